The molecular formula is C22H44N4O6. The molecule has 0 bridgehead atoms. The maximum absolute atomic E-state index is 11.5. The van der Waals surface area contributed by atoms with Crippen molar-refractivity contribution in [2.45, 2.75) is 103 Å². The van der Waals surface area contributed by atoms with Crippen LogP contribution in [0.3, 0.4) is 0 Å². The zero-order valence-electron chi connectivity index (χ0n) is 20.6. The van der Waals surface area contributed by atoms with Crippen molar-refractivity contribution in [3.63, 3.8) is 0 Å². The number of alkyl carbamates (subject to hydrolysis) is 2. The first-order valence-corrected chi connectivity index (χ1v) is 11.4. The maximum atomic E-state index is 11.5. The summed E-state index contributed by atoms with van der Waals surface area (Å²) in [6.07, 6.45) is 3.06. The number of ether oxygens (including phenoxy) is 4. The molecule has 6 N–H and O–H groups in total. The quantitative estimate of drug-likeness (QED) is 0.498. The molecule has 0 aliphatic carbocycles. The van der Waals surface area contributed by atoms with Crippen molar-refractivity contribution in [1.29, 1.82) is 0 Å². The maximum Gasteiger partial charge on any atom is 0.407 e. The second-order valence-electron chi connectivity index (χ2n) is 10.2. The number of nitrogens with one attached hydrogen (secondary N) is 2. The summed E-state index contributed by atoms with van der Waals surface area (Å²) in [5.41, 5.74) is 10.1. The van der Waals surface area contributed by atoms with E-state index in [1.807, 2.05) is 41.5 Å². The Labute approximate surface area is 192 Å². The van der Waals surface area contributed by atoms with Crippen LogP contribution in [-0.4, -0.2) is 74.0 Å². The van der Waals surface area contributed by atoms with Gasteiger partial charge in [-0.15, -0.1) is 0 Å². The molecule has 0 unspecified atom stereocenters. The summed E-state index contributed by atoms with van der Waals surface area (Å²) in [7, 11) is 0. The average molecular weight is 461 g/mol. The zero-order chi connectivity index (χ0) is 24.4. The molecule has 0 aromatic carbocycles. The predicted molar refractivity (Wildman–Crippen MR) is 122 cm³/mol. The monoisotopic (exact) mass is 460 g/mol. The van der Waals surface area contributed by atoms with Crippen molar-refractivity contribution >= 4 is 12.2 Å². The van der Waals surface area contributed by atoms with Crippen LogP contribution in [0.4, 0.5) is 9.59 Å². The molecule has 2 aliphatic rings. The summed E-state index contributed by atoms with van der Waals surface area (Å²) in [4.78, 5) is 22.9. The fourth-order valence-corrected chi connectivity index (χ4v) is 3.16. The topological polar surface area (TPSA) is 147 Å². The molecule has 32 heavy (non-hydrogen) atoms. The van der Waals surface area contributed by atoms with E-state index in [9.17, 15) is 9.59 Å². The summed E-state index contributed by atoms with van der Waals surface area (Å²) >= 11 is 0. The number of carbonyl (C=O) groups excluding carboxylic acids is 2. The van der Waals surface area contributed by atoms with Gasteiger partial charge in [-0.3, -0.25) is 0 Å². The molecule has 0 saturated carbocycles. The van der Waals surface area contributed by atoms with Gasteiger partial charge in [-0.1, -0.05) is 0 Å². The second kappa shape index (κ2) is 13.2. The van der Waals surface area contributed by atoms with Gasteiger partial charge in [0, 0.05) is 13.1 Å². The van der Waals surface area contributed by atoms with Crippen LogP contribution in [0.25, 0.3) is 0 Å². The van der Waals surface area contributed by atoms with E-state index in [0.717, 1.165) is 25.7 Å². The van der Waals surface area contributed by atoms with Gasteiger partial charge in [-0.05, 0) is 67.2 Å². The Kier molecular flexibility index (Phi) is 11.7. The molecule has 2 saturated heterocycles. The van der Waals surface area contributed by atoms with Crippen molar-refractivity contribution < 1.29 is 28.5 Å². The summed E-state index contributed by atoms with van der Waals surface area (Å²) in [5.74, 6) is 0. The molecule has 2 heterocycles. The molecule has 0 aromatic heterocycles. The van der Waals surface area contributed by atoms with E-state index in [1.165, 1.54) is 0 Å². The molecule has 188 valence electrons. The average Bonchev–Trinajstić information content (AvgIpc) is 2.66. The third kappa shape index (κ3) is 13.0. The lowest BCUT2D eigenvalue weighted by Crippen LogP contribution is -2.46. The fraction of sp³-hybridized carbons (Fsp3) is 0.909. The van der Waals surface area contributed by atoms with Gasteiger partial charge in [0.15, 0.2) is 0 Å². The van der Waals surface area contributed by atoms with Crippen LogP contribution in [0.1, 0.15) is 67.2 Å². The minimum Gasteiger partial charge on any atom is -0.444 e. The van der Waals surface area contributed by atoms with Crippen molar-refractivity contribution in [2.24, 2.45) is 11.5 Å². The van der Waals surface area contributed by atoms with E-state index in [-0.39, 0.29) is 36.5 Å². The van der Waals surface area contributed by atoms with Gasteiger partial charge in [-0.2, -0.15) is 0 Å². The highest BCUT2D eigenvalue weighted by Crippen LogP contribution is 2.15. The normalized spacial score (nSPS) is 26.2. The van der Waals surface area contributed by atoms with E-state index in [0.29, 0.717) is 26.3 Å². The lowest BCUT2D eigenvalue weighted by atomic mass is 10.1. The number of hydrogen-bond acceptors (Lipinski definition) is 8. The highest BCUT2D eigenvalue weighted by molar-refractivity contribution is 5.68. The van der Waals surface area contributed by atoms with Gasteiger partial charge >= 0.3 is 12.2 Å². The molecule has 4 atom stereocenters. The Balaban J connectivity index is 0.000000320. The summed E-state index contributed by atoms with van der Waals surface area (Å²) in [5, 5.41) is 5.59. The summed E-state index contributed by atoms with van der Waals surface area (Å²) in [6.45, 7) is 13.2. The molecule has 2 rings (SSSR count). The smallest absolute Gasteiger partial charge is 0.407 e. The Morgan fingerprint density at radius 2 is 1.09 bits per heavy atom. The number of amides is 2. The van der Waals surface area contributed by atoms with Crippen LogP contribution in [0.5, 0.6) is 0 Å². The van der Waals surface area contributed by atoms with Crippen molar-refractivity contribution in [1.82, 2.24) is 10.6 Å². The van der Waals surface area contributed by atoms with Crippen molar-refractivity contribution in [2.75, 3.05) is 26.3 Å². The Bertz CT molecular complexity index is 510. The number of nitrogens with two attached hydrogens (primary N) is 2. The van der Waals surface area contributed by atoms with Gasteiger partial charge in [0.05, 0.1) is 37.5 Å². The molecular weight excluding hydrogens is 416 g/mol. The van der Waals surface area contributed by atoms with Gasteiger partial charge in [0.25, 0.3) is 0 Å². The second-order valence-corrected chi connectivity index (χ2v) is 10.2. The van der Waals surface area contributed by atoms with E-state index >= 15 is 0 Å². The number of rotatable bonds is 4. The highest BCUT2D eigenvalue weighted by Gasteiger charge is 2.25. The van der Waals surface area contributed by atoms with Crippen LogP contribution in [0.2, 0.25) is 0 Å². The lowest BCUT2D eigenvalue weighted by Gasteiger charge is -2.29. The first kappa shape index (κ1) is 28.4. The summed E-state index contributed by atoms with van der Waals surface area (Å²) < 4.78 is 21.3. The standard InChI is InChI=1S/2C11H22N2O3/c2*1-11(2,3)16-10(14)13-8-4-5-9(6-12)15-7-8/h2*8-9H,4-7,12H2,1-3H3,(H,13,14)/t2*8-,9+/m10/s1. The zero-order valence-corrected chi connectivity index (χ0v) is 20.6. The Hall–Kier alpha value is -1.62. The molecule has 0 radical (unpaired) electrons. The number of carbonyl (C=O) groups is 2. The lowest BCUT2D eigenvalue weighted by molar-refractivity contribution is -0.00327. The number of hydrogen-bond donors (Lipinski definition) is 4. The van der Waals surface area contributed by atoms with E-state index in [1.54, 1.807) is 0 Å². The van der Waals surface area contributed by atoms with Crippen molar-refractivity contribution in [3.05, 3.63) is 0 Å². The fourth-order valence-electron chi connectivity index (χ4n) is 3.16. The van der Waals surface area contributed by atoms with Crippen LogP contribution in [0, 0.1) is 0 Å². The SMILES string of the molecule is CC(C)(C)OC(=O)N[C@@H]1CC[C@@H](CN)OC1.CC(C)(C)OC(=O)N[C@H]1CC[C@H](CN)OC1. The molecule has 2 fully saturated rings. The van der Waals surface area contributed by atoms with Crippen LogP contribution in [-0.2, 0) is 18.9 Å². The van der Waals surface area contributed by atoms with Gasteiger partial charge in [0.1, 0.15) is 11.2 Å². The van der Waals surface area contributed by atoms with Gasteiger partial charge < -0.3 is 41.0 Å². The highest BCUT2D eigenvalue weighted by atomic mass is 16.6. The van der Waals surface area contributed by atoms with Crippen LogP contribution < -0.4 is 22.1 Å². The van der Waals surface area contributed by atoms with E-state index in [4.69, 9.17) is 30.4 Å². The van der Waals surface area contributed by atoms with Crippen LogP contribution >= 0.6 is 0 Å². The third-order valence-electron chi connectivity index (χ3n) is 4.71. The van der Waals surface area contributed by atoms with Crippen LogP contribution in [0.15, 0.2) is 0 Å². The minimum absolute atomic E-state index is 0.0395. The first-order valence-electron chi connectivity index (χ1n) is 11.4. The molecule has 10 nitrogen and oxygen atoms in total. The largest absolute Gasteiger partial charge is 0.444 e. The first-order chi connectivity index (χ1) is 14.8. The van der Waals surface area contributed by atoms with Crippen molar-refractivity contribution in [3.8, 4) is 0 Å². The van der Waals surface area contributed by atoms with Gasteiger partial charge in [-0.25, -0.2) is 9.59 Å². The predicted octanol–water partition coefficient (Wildman–Crippen LogP) is 2.03. The molecule has 2 aliphatic heterocycles. The Morgan fingerprint density at radius 3 is 1.31 bits per heavy atom. The van der Waals surface area contributed by atoms with Gasteiger partial charge in [0.2, 0.25) is 0 Å². The summed E-state index contributed by atoms with van der Waals surface area (Å²) in [6, 6.07) is 0.0790. The molecule has 10 heteroatoms. The molecule has 0 aromatic rings. The Morgan fingerprint density at radius 1 is 0.750 bits per heavy atom. The third-order valence-corrected chi connectivity index (χ3v) is 4.71. The molecule has 2 amide bonds. The molecule has 0 spiro atoms. The van der Waals surface area contributed by atoms with E-state index < -0.39 is 11.2 Å². The minimum atomic E-state index is -0.459. The van der Waals surface area contributed by atoms with E-state index in [2.05, 4.69) is 10.6 Å².